The molecule has 6 aromatic rings. The zero-order valence-corrected chi connectivity index (χ0v) is 22.7. The second kappa shape index (κ2) is 10.7. The van der Waals surface area contributed by atoms with Gasteiger partial charge in [-0.25, -0.2) is 9.97 Å². The SMILES string of the molecule is CCn1c(-c2ccc(-n3ccnc3)cc2)cnc1C(Cc1ccccn1)NC(=O)c1cc2cc(Br)ccc2o1. The van der Waals surface area contributed by atoms with Crippen molar-refractivity contribution in [2.24, 2.45) is 0 Å². The highest BCUT2D eigenvalue weighted by Gasteiger charge is 2.25. The van der Waals surface area contributed by atoms with E-state index < -0.39 is 6.04 Å². The van der Waals surface area contributed by atoms with Crippen LogP contribution in [0.15, 0.2) is 107 Å². The lowest BCUT2D eigenvalue weighted by Crippen LogP contribution is -2.32. The average molecular weight is 581 g/mol. The molecule has 0 saturated carbocycles. The van der Waals surface area contributed by atoms with Crippen LogP contribution in [0.5, 0.6) is 0 Å². The molecule has 39 heavy (non-hydrogen) atoms. The van der Waals surface area contributed by atoms with Crippen LogP contribution in [0.2, 0.25) is 0 Å². The Labute approximate surface area is 233 Å². The molecule has 9 heteroatoms. The van der Waals surface area contributed by atoms with Crippen LogP contribution < -0.4 is 5.32 Å². The van der Waals surface area contributed by atoms with Crippen LogP contribution in [0.4, 0.5) is 0 Å². The highest BCUT2D eigenvalue weighted by atomic mass is 79.9. The Morgan fingerprint density at radius 3 is 2.67 bits per heavy atom. The fourth-order valence-electron chi connectivity index (χ4n) is 4.74. The first-order chi connectivity index (χ1) is 19.1. The Bertz CT molecular complexity index is 1720. The molecule has 4 heterocycles. The number of rotatable bonds is 8. The molecule has 6 rings (SSSR count). The number of pyridine rings is 1. The molecule has 0 saturated heterocycles. The van der Waals surface area contributed by atoms with E-state index in [4.69, 9.17) is 9.40 Å². The van der Waals surface area contributed by atoms with Gasteiger partial charge < -0.3 is 18.9 Å². The Balaban J connectivity index is 1.33. The van der Waals surface area contributed by atoms with Crippen LogP contribution in [-0.2, 0) is 13.0 Å². The molecule has 1 atom stereocenters. The maximum atomic E-state index is 13.4. The van der Waals surface area contributed by atoms with Gasteiger partial charge >= 0.3 is 0 Å². The van der Waals surface area contributed by atoms with Crippen LogP contribution in [0.1, 0.15) is 35.0 Å². The van der Waals surface area contributed by atoms with Gasteiger partial charge in [0.1, 0.15) is 11.4 Å². The summed E-state index contributed by atoms with van der Waals surface area (Å²) in [5.41, 5.74) is 4.54. The van der Waals surface area contributed by atoms with Crippen molar-refractivity contribution in [2.75, 3.05) is 0 Å². The number of fused-ring (bicyclic) bond motifs is 1. The van der Waals surface area contributed by atoms with Gasteiger partial charge in [0.25, 0.3) is 5.91 Å². The van der Waals surface area contributed by atoms with Crippen molar-refractivity contribution in [2.45, 2.75) is 25.9 Å². The van der Waals surface area contributed by atoms with Crippen molar-refractivity contribution in [3.8, 4) is 16.9 Å². The molecule has 0 radical (unpaired) electrons. The largest absolute Gasteiger partial charge is 0.451 e. The predicted molar refractivity (Wildman–Crippen MR) is 153 cm³/mol. The summed E-state index contributed by atoms with van der Waals surface area (Å²) >= 11 is 3.47. The van der Waals surface area contributed by atoms with E-state index in [9.17, 15) is 4.79 Å². The molecule has 1 N–H and O–H groups in total. The van der Waals surface area contributed by atoms with Gasteiger partial charge in [-0.05, 0) is 61.0 Å². The topological polar surface area (TPSA) is 90.8 Å². The van der Waals surface area contributed by atoms with Gasteiger partial charge in [0, 0.05) is 52.8 Å². The van der Waals surface area contributed by atoms with Gasteiger partial charge in [-0.1, -0.05) is 34.1 Å². The van der Waals surface area contributed by atoms with Crippen LogP contribution in [-0.4, -0.2) is 30.0 Å². The number of furan rings is 1. The normalized spacial score (nSPS) is 12.1. The molecule has 0 aliphatic carbocycles. The Hall–Kier alpha value is -4.50. The second-order valence-corrected chi connectivity index (χ2v) is 10.0. The highest BCUT2D eigenvalue weighted by Crippen LogP contribution is 2.28. The average Bonchev–Trinajstić information content (AvgIpc) is 3.73. The van der Waals surface area contributed by atoms with Crippen molar-refractivity contribution in [1.29, 1.82) is 0 Å². The zero-order valence-electron chi connectivity index (χ0n) is 21.2. The van der Waals surface area contributed by atoms with Crippen molar-refractivity contribution in [3.05, 3.63) is 120 Å². The monoisotopic (exact) mass is 580 g/mol. The number of nitrogens with zero attached hydrogens (tertiary/aromatic N) is 5. The van der Waals surface area contributed by atoms with E-state index in [1.54, 1.807) is 24.8 Å². The van der Waals surface area contributed by atoms with E-state index in [1.807, 2.05) is 53.4 Å². The second-order valence-electron chi connectivity index (χ2n) is 9.11. The number of carbonyl (C=O) groups excluding carboxylic acids is 1. The maximum absolute atomic E-state index is 13.4. The number of hydrogen-bond acceptors (Lipinski definition) is 5. The summed E-state index contributed by atoms with van der Waals surface area (Å²) in [7, 11) is 0. The third kappa shape index (κ3) is 5.13. The lowest BCUT2D eigenvalue weighted by atomic mass is 10.1. The predicted octanol–water partition coefficient (Wildman–Crippen LogP) is 6.37. The molecule has 0 fully saturated rings. The minimum absolute atomic E-state index is 0.249. The first kappa shape index (κ1) is 24.8. The van der Waals surface area contributed by atoms with Crippen molar-refractivity contribution in [1.82, 2.24) is 29.4 Å². The molecule has 1 unspecified atom stereocenters. The van der Waals surface area contributed by atoms with Crippen molar-refractivity contribution in [3.63, 3.8) is 0 Å². The summed E-state index contributed by atoms with van der Waals surface area (Å²) in [6.45, 7) is 2.76. The van der Waals surface area contributed by atoms with Gasteiger partial charge in [-0.15, -0.1) is 0 Å². The van der Waals surface area contributed by atoms with E-state index in [2.05, 4.69) is 67.0 Å². The van der Waals surface area contributed by atoms with Crippen molar-refractivity contribution >= 4 is 32.8 Å². The molecule has 194 valence electrons. The molecular weight excluding hydrogens is 556 g/mol. The quantitative estimate of drug-likeness (QED) is 0.226. The molecule has 2 aromatic carbocycles. The Kier molecular flexibility index (Phi) is 6.81. The Morgan fingerprint density at radius 2 is 1.92 bits per heavy atom. The number of nitrogens with one attached hydrogen (secondary N) is 1. The number of aromatic nitrogens is 5. The minimum Gasteiger partial charge on any atom is -0.451 e. The number of hydrogen-bond donors (Lipinski definition) is 1. The van der Waals surface area contributed by atoms with Gasteiger partial charge in [-0.2, -0.15) is 0 Å². The third-order valence-electron chi connectivity index (χ3n) is 6.63. The third-order valence-corrected chi connectivity index (χ3v) is 7.12. The first-order valence-electron chi connectivity index (χ1n) is 12.6. The Morgan fingerprint density at radius 1 is 1.05 bits per heavy atom. The van der Waals surface area contributed by atoms with Gasteiger partial charge in [0.2, 0.25) is 0 Å². The maximum Gasteiger partial charge on any atom is 0.287 e. The van der Waals surface area contributed by atoms with Gasteiger partial charge in [0.15, 0.2) is 5.76 Å². The van der Waals surface area contributed by atoms with E-state index in [0.29, 0.717) is 18.5 Å². The minimum atomic E-state index is -0.425. The van der Waals surface area contributed by atoms with E-state index in [0.717, 1.165) is 38.3 Å². The number of halogens is 1. The lowest BCUT2D eigenvalue weighted by molar-refractivity contribution is 0.0908. The first-order valence-corrected chi connectivity index (χ1v) is 13.4. The van der Waals surface area contributed by atoms with Gasteiger partial charge in [0.05, 0.1) is 24.3 Å². The molecule has 8 nitrogen and oxygen atoms in total. The van der Waals surface area contributed by atoms with Crippen LogP contribution in [0.3, 0.4) is 0 Å². The van der Waals surface area contributed by atoms with Gasteiger partial charge in [-0.3, -0.25) is 9.78 Å². The van der Waals surface area contributed by atoms with Crippen LogP contribution in [0.25, 0.3) is 27.9 Å². The summed E-state index contributed by atoms with van der Waals surface area (Å²) in [5, 5.41) is 4.02. The summed E-state index contributed by atoms with van der Waals surface area (Å²) in [5.74, 6) is 0.697. The molecule has 1 amide bonds. The summed E-state index contributed by atoms with van der Waals surface area (Å²) in [4.78, 5) is 26.8. The summed E-state index contributed by atoms with van der Waals surface area (Å²) < 4.78 is 10.9. The standard InChI is InChI=1S/C30H25BrN6O2/c1-2-37-26(20-6-9-24(10-7-20)36-14-13-32-19-36)18-34-29(37)25(17-23-5-3-4-12-33-23)35-30(38)28-16-21-15-22(31)8-11-27(21)39-28/h3-16,18-19,25H,2,17H2,1H3,(H,35,38). The summed E-state index contributed by atoms with van der Waals surface area (Å²) in [6.07, 6.45) is 9.54. The number of amides is 1. The molecule has 0 aliphatic rings. The molecule has 4 aromatic heterocycles. The van der Waals surface area contributed by atoms with Crippen LogP contribution in [0, 0.1) is 0 Å². The molecule has 0 bridgehead atoms. The fourth-order valence-corrected chi connectivity index (χ4v) is 5.12. The molecule has 0 spiro atoms. The molecular formula is C30H25BrN6O2. The lowest BCUT2D eigenvalue weighted by Gasteiger charge is -2.20. The number of carbonyl (C=O) groups is 1. The molecule has 0 aliphatic heterocycles. The summed E-state index contributed by atoms with van der Waals surface area (Å²) in [6, 6.07) is 21.0. The van der Waals surface area contributed by atoms with E-state index in [-0.39, 0.29) is 11.7 Å². The number of benzene rings is 2. The van der Waals surface area contributed by atoms with Crippen LogP contribution >= 0.6 is 15.9 Å². The zero-order chi connectivity index (χ0) is 26.8. The number of imidazole rings is 2. The van der Waals surface area contributed by atoms with Crippen molar-refractivity contribution < 1.29 is 9.21 Å². The van der Waals surface area contributed by atoms with E-state index in [1.165, 1.54) is 0 Å². The fraction of sp³-hybridized carbons (Fsp3) is 0.133. The smallest absolute Gasteiger partial charge is 0.287 e. The van der Waals surface area contributed by atoms with E-state index >= 15 is 0 Å². The highest BCUT2D eigenvalue weighted by molar-refractivity contribution is 9.10.